The van der Waals surface area contributed by atoms with Crippen LogP contribution in [0.4, 0.5) is 11.4 Å². The molecule has 0 radical (unpaired) electrons. The summed E-state index contributed by atoms with van der Waals surface area (Å²) in [6, 6.07) is 31.0. The summed E-state index contributed by atoms with van der Waals surface area (Å²) in [6.07, 6.45) is 1.71. The summed E-state index contributed by atoms with van der Waals surface area (Å²) in [6.45, 7) is 6.25. The first-order valence-electron chi connectivity index (χ1n) is 13.6. The van der Waals surface area contributed by atoms with E-state index in [1.54, 1.807) is 36.5 Å². The topological polar surface area (TPSA) is 104 Å². The van der Waals surface area contributed by atoms with Crippen LogP contribution in [0.2, 0.25) is 0 Å². The second-order valence-corrected chi connectivity index (χ2v) is 12.9. The highest BCUT2D eigenvalue weighted by atomic mass is 32.2. The highest BCUT2D eigenvalue weighted by Crippen LogP contribution is 2.35. The van der Waals surface area contributed by atoms with Gasteiger partial charge in [0.1, 0.15) is 5.69 Å². The van der Waals surface area contributed by atoms with Gasteiger partial charge in [0.2, 0.25) is 0 Å². The number of sulfonamides is 1. The Labute approximate surface area is 244 Å². The van der Waals surface area contributed by atoms with E-state index in [0.717, 1.165) is 22.0 Å². The number of carbonyl (C=O) groups is 1. The average molecular weight is 575 g/mol. The summed E-state index contributed by atoms with van der Waals surface area (Å²) in [5.74, 6) is -0.317. The molecule has 2 heterocycles. The highest BCUT2D eigenvalue weighted by Gasteiger charge is 2.22. The smallest absolute Gasteiger partial charge is 0.272 e. The Morgan fingerprint density at radius 3 is 2.31 bits per heavy atom. The molecule has 1 amide bonds. The molecule has 7 nitrogen and oxygen atoms in total. The summed E-state index contributed by atoms with van der Waals surface area (Å²) in [7, 11) is -3.84. The minimum atomic E-state index is -3.84. The number of aromatic amines is 1. The van der Waals surface area contributed by atoms with Crippen molar-refractivity contribution in [1.29, 1.82) is 0 Å². The van der Waals surface area contributed by atoms with E-state index in [2.05, 4.69) is 40.8 Å². The Balaban J connectivity index is 1.39. The fourth-order valence-electron chi connectivity index (χ4n) is 5.08. The molecule has 0 aliphatic rings. The summed E-state index contributed by atoms with van der Waals surface area (Å²) in [4.78, 5) is 21.6. The first-order chi connectivity index (χ1) is 20.1. The van der Waals surface area contributed by atoms with Crippen LogP contribution in [0.3, 0.4) is 0 Å². The van der Waals surface area contributed by atoms with Crippen molar-refractivity contribution in [3.63, 3.8) is 0 Å². The highest BCUT2D eigenvalue weighted by molar-refractivity contribution is 7.92. The summed E-state index contributed by atoms with van der Waals surface area (Å²) >= 11 is 0. The third kappa shape index (κ3) is 5.24. The Morgan fingerprint density at radius 1 is 0.810 bits per heavy atom. The van der Waals surface area contributed by atoms with E-state index in [0.29, 0.717) is 33.5 Å². The molecular weight excluding hydrogens is 544 g/mol. The molecule has 6 aromatic rings. The lowest BCUT2D eigenvalue weighted by atomic mass is 9.87. The maximum absolute atomic E-state index is 13.7. The third-order valence-corrected chi connectivity index (χ3v) is 8.66. The number of hydrogen-bond acceptors (Lipinski definition) is 4. The van der Waals surface area contributed by atoms with E-state index >= 15 is 0 Å². The van der Waals surface area contributed by atoms with Gasteiger partial charge in [-0.05, 0) is 71.1 Å². The van der Waals surface area contributed by atoms with Gasteiger partial charge in [-0.3, -0.25) is 14.5 Å². The minimum Gasteiger partial charge on any atom is -0.350 e. The number of nitrogens with zero attached hydrogens (tertiary/aromatic N) is 1. The van der Waals surface area contributed by atoms with Crippen LogP contribution in [0, 0.1) is 0 Å². The van der Waals surface area contributed by atoms with Crippen LogP contribution in [0.1, 0.15) is 36.8 Å². The normalized spacial score (nSPS) is 12.0. The molecular formula is C34H30N4O3S. The number of amides is 1. The molecule has 0 fully saturated rings. The van der Waals surface area contributed by atoms with Crippen LogP contribution in [0.15, 0.2) is 114 Å². The second-order valence-electron chi connectivity index (χ2n) is 11.2. The molecule has 2 aromatic heterocycles. The van der Waals surface area contributed by atoms with Gasteiger partial charge in [-0.2, -0.15) is 0 Å². The van der Waals surface area contributed by atoms with Gasteiger partial charge in [-0.1, -0.05) is 69.3 Å². The van der Waals surface area contributed by atoms with Crippen LogP contribution in [-0.4, -0.2) is 24.3 Å². The van der Waals surface area contributed by atoms with Crippen LogP contribution in [-0.2, 0) is 15.4 Å². The van der Waals surface area contributed by atoms with E-state index in [-0.39, 0.29) is 16.2 Å². The number of anilines is 2. The molecule has 0 spiro atoms. The first kappa shape index (κ1) is 27.2. The van der Waals surface area contributed by atoms with Gasteiger partial charge >= 0.3 is 0 Å². The largest absolute Gasteiger partial charge is 0.350 e. The van der Waals surface area contributed by atoms with Crippen LogP contribution in [0.25, 0.3) is 32.9 Å². The van der Waals surface area contributed by atoms with Crippen molar-refractivity contribution in [2.75, 3.05) is 10.0 Å². The average Bonchev–Trinajstić information content (AvgIpc) is 3.36. The lowest BCUT2D eigenvalue weighted by Crippen LogP contribution is -2.14. The predicted octanol–water partition coefficient (Wildman–Crippen LogP) is 7.73. The van der Waals surface area contributed by atoms with Crippen LogP contribution >= 0.6 is 0 Å². The second kappa shape index (κ2) is 10.5. The molecule has 4 aromatic carbocycles. The van der Waals surface area contributed by atoms with Crippen molar-refractivity contribution in [2.45, 2.75) is 31.1 Å². The third-order valence-electron chi connectivity index (χ3n) is 7.26. The van der Waals surface area contributed by atoms with E-state index in [9.17, 15) is 13.2 Å². The maximum atomic E-state index is 13.7. The van der Waals surface area contributed by atoms with Crippen LogP contribution in [0.5, 0.6) is 0 Å². The number of carbonyl (C=O) groups excluding carboxylic acids is 1. The number of H-pyrrole nitrogens is 1. The first-order valence-corrected chi connectivity index (χ1v) is 15.1. The van der Waals surface area contributed by atoms with Crippen molar-refractivity contribution in [2.24, 2.45) is 0 Å². The molecule has 0 aliphatic heterocycles. The van der Waals surface area contributed by atoms with Gasteiger partial charge in [0.05, 0.1) is 16.1 Å². The minimum absolute atomic E-state index is 0.0859. The predicted molar refractivity (Wildman–Crippen MR) is 169 cm³/mol. The number of aromatic nitrogens is 2. The number of pyridine rings is 1. The molecule has 0 atom stereocenters. The molecule has 0 bridgehead atoms. The maximum Gasteiger partial charge on any atom is 0.272 e. The van der Waals surface area contributed by atoms with E-state index in [1.807, 2.05) is 72.8 Å². The molecule has 8 heteroatoms. The Morgan fingerprint density at radius 2 is 1.57 bits per heavy atom. The molecule has 0 unspecified atom stereocenters. The van der Waals surface area contributed by atoms with E-state index < -0.39 is 10.0 Å². The fourth-order valence-corrected chi connectivity index (χ4v) is 6.13. The standard InChI is InChI=1S/C34H30N4O3S/c1-34(2,3)23-14-17-25(18-15-23)42(40,41)38-24-16-19-30-27(21-24)31(22-9-5-4-6-10-22)32(36-30)33(39)37-29-13-7-12-28-26(29)11-8-20-35-28/h4-21,36,38H,1-3H3,(H,37,39). The summed E-state index contributed by atoms with van der Waals surface area (Å²) in [5, 5.41) is 4.59. The fraction of sp³-hybridized carbons (Fsp3) is 0.118. The van der Waals surface area contributed by atoms with Gasteiger partial charge in [-0.25, -0.2) is 8.42 Å². The molecule has 0 saturated heterocycles. The Kier molecular flexibility index (Phi) is 6.79. The number of hydrogen-bond donors (Lipinski definition) is 3. The molecule has 0 saturated carbocycles. The van der Waals surface area contributed by atoms with E-state index in [4.69, 9.17) is 0 Å². The van der Waals surface area contributed by atoms with Gasteiger partial charge in [-0.15, -0.1) is 0 Å². The van der Waals surface area contributed by atoms with Crippen molar-refractivity contribution >= 4 is 49.1 Å². The zero-order valence-corrected chi connectivity index (χ0v) is 24.3. The molecule has 42 heavy (non-hydrogen) atoms. The molecule has 0 aliphatic carbocycles. The quantitative estimate of drug-likeness (QED) is 0.189. The number of fused-ring (bicyclic) bond motifs is 2. The lowest BCUT2D eigenvalue weighted by Gasteiger charge is -2.19. The van der Waals surface area contributed by atoms with Gasteiger partial charge in [0.25, 0.3) is 15.9 Å². The van der Waals surface area contributed by atoms with Crippen molar-refractivity contribution < 1.29 is 13.2 Å². The number of rotatable bonds is 6. The van der Waals surface area contributed by atoms with E-state index in [1.165, 1.54) is 0 Å². The Bertz CT molecular complexity index is 2040. The van der Waals surface area contributed by atoms with Gasteiger partial charge in [0, 0.05) is 33.7 Å². The summed E-state index contributed by atoms with van der Waals surface area (Å²) < 4.78 is 29.3. The number of benzene rings is 4. The zero-order valence-electron chi connectivity index (χ0n) is 23.5. The van der Waals surface area contributed by atoms with Crippen molar-refractivity contribution in [3.05, 3.63) is 121 Å². The molecule has 3 N–H and O–H groups in total. The van der Waals surface area contributed by atoms with Crippen molar-refractivity contribution in [3.8, 4) is 11.1 Å². The van der Waals surface area contributed by atoms with Crippen LogP contribution < -0.4 is 10.0 Å². The molecule has 210 valence electrons. The zero-order chi connectivity index (χ0) is 29.5. The van der Waals surface area contributed by atoms with Gasteiger partial charge in [0.15, 0.2) is 0 Å². The van der Waals surface area contributed by atoms with Crippen molar-refractivity contribution in [1.82, 2.24) is 9.97 Å². The monoisotopic (exact) mass is 574 g/mol. The number of nitrogens with one attached hydrogen (secondary N) is 3. The van der Waals surface area contributed by atoms with Gasteiger partial charge < -0.3 is 10.3 Å². The molecule has 6 rings (SSSR count). The lowest BCUT2D eigenvalue weighted by molar-refractivity contribution is 0.102. The SMILES string of the molecule is CC(C)(C)c1ccc(S(=O)(=O)Nc2ccc3[nH]c(C(=O)Nc4cccc5ncccc45)c(-c4ccccc4)c3c2)cc1. The summed E-state index contributed by atoms with van der Waals surface area (Å²) in [5.41, 5.74) is 5.36. The Hall–Kier alpha value is -4.95.